The van der Waals surface area contributed by atoms with Crippen LogP contribution >= 0.6 is 27.5 Å². The van der Waals surface area contributed by atoms with E-state index in [9.17, 15) is 4.79 Å². The minimum absolute atomic E-state index is 0.215. The lowest BCUT2D eigenvalue weighted by Crippen LogP contribution is -2.22. The second-order valence-corrected chi connectivity index (χ2v) is 7.94. The lowest BCUT2D eigenvalue weighted by atomic mass is 10.2. The zero-order valence-electron chi connectivity index (χ0n) is 17.1. The van der Waals surface area contributed by atoms with Gasteiger partial charge in [0.05, 0.1) is 35.9 Å². The molecule has 0 aliphatic rings. The lowest BCUT2D eigenvalue weighted by molar-refractivity contribution is 0.311. The topological polar surface area (TPSA) is 65.7 Å². The number of nitrogens with zero attached hydrogens (tertiary/aromatic N) is 3. The van der Waals surface area contributed by atoms with Crippen LogP contribution in [0.25, 0.3) is 10.9 Å². The predicted molar refractivity (Wildman–Crippen MR) is 124 cm³/mol. The molecule has 3 aromatic rings. The Balaban J connectivity index is 2.10. The minimum Gasteiger partial charge on any atom is -0.491 e. The fourth-order valence-electron chi connectivity index (χ4n) is 3.06. The summed E-state index contributed by atoms with van der Waals surface area (Å²) in [5.41, 5.74) is 1.13. The molecule has 0 fully saturated rings. The van der Waals surface area contributed by atoms with E-state index >= 15 is 0 Å². The van der Waals surface area contributed by atoms with Crippen molar-refractivity contribution in [3.8, 4) is 11.5 Å². The molecule has 0 amide bonds. The molecule has 0 aliphatic heterocycles. The number of aryl methyl sites for hydroxylation is 1. The SMILES string of the molecule is CCCCc1nc2ccc(Br)cc2c(=O)n1N=Cc1cc(Cl)c(OC)c(OCC)c1. The van der Waals surface area contributed by atoms with Gasteiger partial charge in [-0.05, 0) is 49.2 Å². The molecule has 6 nitrogen and oxygen atoms in total. The van der Waals surface area contributed by atoms with Crippen LogP contribution in [0.1, 0.15) is 38.1 Å². The highest BCUT2D eigenvalue weighted by atomic mass is 79.9. The van der Waals surface area contributed by atoms with Gasteiger partial charge in [-0.2, -0.15) is 9.78 Å². The van der Waals surface area contributed by atoms with E-state index in [4.69, 9.17) is 21.1 Å². The summed E-state index contributed by atoms with van der Waals surface area (Å²) in [6.07, 6.45) is 4.13. The van der Waals surface area contributed by atoms with E-state index in [0.29, 0.717) is 51.8 Å². The van der Waals surface area contributed by atoms with Crippen molar-refractivity contribution in [3.63, 3.8) is 0 Å². The van der Waals surface area contributed by atoms with Crippen LogP contribution < -0.4 is 15.0 Å². The summed E-state index contributed by atoms with van der Waals surface area (Å²) in [5.74, 6) is 1.61. The summed E-state index contributed by atoms with van der Waals surface area (Å²) in [5, 5.41) is 5.36. The van der Waals surface area contributed by atoms with Crippen molar-refractivity contribution in [3.05, 3.63) is 61.6 Å². The van der Waals surface area contributed by atoms with E-state index in [-0.39, 0.29) is 5.56 Å². The Kier molecular flexibility index (Phi) is 7.50. The van der Waals surface area contributed by atoms with Crippen molar-refractivity contribution >= 4 is 44.6 Å². The molecule has 0 radical (unpaired) electrons. The molecule has 3 rings (SSSR count). The average Bonchev–Trinajstić information content (AvgIpc) is 2.72. The number of aromatic nitrogens is 2. The maximum Gasteiger partial charge on any atom is 0.282 e. The standard InChI is InChI=1S/C22H23BrClN3O3/c1-4-6-7-20-26-18-9-8-15(23)12-16(18)22(28)27(20)25-13-14-10-17(24)21(29-3)19(11-14)30-5-2/h8-13H,4-7H2,1-3H3. The molecular weight excluding hydrogens is 470 g/mol. The molecule has 8 heteroatoms. The molecule has 0 bridgehead atoms. The number of benzene rings is 2. The number of fused-ring (bicyclic) bond motifs is 1. The number of hydrogen-bond donors (Lipinski definition) is 0. The fourth-order valence-corrected chi connectivity index (χ4v) is 3.72. The van der Waals surface area contributed by atoms with Crippen LogP contribution in [0.4, 0.5) is 0 Å². The van der Waals surface area contributed by atoms with Crippen molar-refractivity contribution in [1.29, 1.82) is 0 Å². The van der Waals surface area contributed by atoms with E-state index in [1.54, 1.807) is 24.4 Å². The average molecular weight is 493 g/mol. The summed E-state index contributed by atoms with van der Waals surface area (Å²) in [6.45, 7) is 4.45. The zero-order chi connectivity index (χ0) is 21.7. The number of halogens is 2. The van der Waals surface area contributed by atoms with E-state index in [2.05, 4.69) is 32.9 Å². The number of unbranched alkanes of at least 4 members (excludes halogenated alkanes) is 1. The summed E-state index contributed by atoms with van der Waals surface area (Å²) >= 11 is 9.74. The van der Waals surface area contributed by atoms with Crippen molar-refractivity contribution < 1.29 is 9.47 Å². The molecule has 30 heavy (non-hydrogen) atoms. The Morgan fingerprint density at radius 1 is 1.27 bits per heavy atom. The van der Waals surface area contributed by atoms with Crippen molar-refractivity contribution in [2.45, 2.75) is 33.1 Å². The van der Waals surface area contributed by atoms with Crippen LogP contribution in [-0.2, 0) is 6.42 Å². The molecular formula is C22H23BrClN3O3. The number of methoxy groups -OCH3 is 1. The van der Waals surface area contributed by atoms with Gasteiger partial charge >= 0.3 is 0 Å². The van der Waals surface area contributed by atoms with Gasteiger partial charge in [0.15, 0.2) is 11.5 Å². The molecule has 0 aliphatic carbocycles. The summed E-state index contributed by atoms with van der Waals surface area (Å²) in [6, 6.07) is 8.97. The number of ether oxygens (including phenoxy) is 2. The third-order valence-electron chi connectivity index (χ3n) is 4.49. The highest BCUT2D eigenvalue weighted by Gasteiger charge is 2.13. The van der Waals surface area contributed by atoms with Gasteiger partial charge in [-0.1, -0.05) is 40.9 Å². The van der Waals surface area contributed by atoms with E-state index in [0.717, 1.165) is 17.3 Å². The Labute approximate surface area is 188 Å². The zero-order valence-corrected chi connectivity index (χ0v) is 19.5. The van der Waals surface area contributed by atoms with Gasteiger partial charge < -0.3 is 9.47 Å². The van der Waals surface area contributed by atoms with Crippen LogP contribution in [0.2, 0.25) is 5.02 Å². The molecule has 0 saturated heterocycles. The normalized spacial score (nSPS) is 11.4. The van der Waals surface area contributed by atoms with Crippen LogP contribution in [0.15, 0.2) is 44.7 Å². The quantitative estimate of drug-likeness (QED) is 0.393. The smallest absolute Gasteiger partial charge is 0.282 e. The third-order valence-corrected chi connectivity index (χ3v) is 5.26. The monoisotopic (exact) mass is 491 g/mol. The van der Waals surface area contributed by atoms with Crippen molar-refractivity contribution in [1.82, 2.24) is 9.66 Å². The van der Waals surface area contributed by atoms with Gasteiger partial charge in [-0.15, -0.1) is 0 Å². The first-order chi connectivity index (χ1) is 14.5. The minimum atomic E-state index is -0.215. The highest BCUT2D eigenvalue weighted by molar-refractivity contribution is 9.10. The number of rotatable bonds is 8. The first kappa shape index (κ1) is 22.3. The van der Waals surface area contributed by atoms with Gasteiger partial charge in [-0.3, -0.25) is 4.79 Å². The third kappa shape index (κ3) is 4.84. The molecule has 2 aromatic carbocycles. The Morgan fingerprint density at radius 2 is 2.07 bits per heavy atom. The molecule has 1 heterocycles. The Bertz CT molecular complexity index is 1140. The molecule has 0 unspecified atom stereocenters. The van der Waals surface area contributed by atoms with Crippen LogP contribution in [0.5, 0.6) is 11.5 Å². The first-order valence-corrected chi connectivity index (χ1v) is 10.9. The predicted octanol–water partition coefficient (Wildman–Crippen LogP) is 5.44. The van der Waals surface area contributed by atoms with E-state index in [1.165, 1.54) is 11.8 Å². The van der Waals surface area contributed by atoms with Crippen molar-refractivity contribution in [2.24, 2.45) is 5.10 Å². The second-order valence-electron chi connectivity index (χ2n) is 6.62. The molecule has 0 saturated carbocycles. The van der Waals surface area contributed by atoms with Crippen LogP contribution in [0.3, 0.4) is 0 Å². The Morgan fingerprint density at radius 3 is 2.77 bits per heavy atom. The fraction of sp³-hybridized carbons (Fsp3) is 0.318. The lowest BCUT2D eigenvalue weighted by Gasteiger charge is -2.12. The summed E-state index contributed by atoms with van der Waals surface area (Å²) in [4.78, 5) is 17.8. The molecule has 0 N–H and O–H groups in total. The molecule has 0 atom stereocenters. The molecule has 0 spiro atoms. The van der Waals surface area contributed by atoms with E-state index in [1.807, 2.05) is 19.1 Å². The maximum atomic E-state index is 13.1. The largest absolute Gasteiger partial charge is 0.491 e. The van der Waals surface area contributed by atoms with Crippen molar-refractivity contribution in [2.75, 3.05) is 13.7 Å². The maximum absolute atomic E-state index is 13.1. The molecule has 1 aromatic heterocycles. The van der Waals surface area contributed by atoms with Gasteiger partial charge in [-0.25, -0.2) is 4.98 Å². The molecule has 158 valence electrons. The Hall–Kier alpha value is -2.38. The second kappa shape index (κ2) is 10.1. The summed E-state index contributed by atoms with van der Waals surface area (Å²) < 4.78 is 13.1. The first-order valence-electron chi connectivity index (χ1n) is 9.74. The van der Waals surface area contributed by atoms with Crippen LogP contribution in [-0.4, -0.2) is 29.6 Å². The van der Waals surface area contributed by atoms with Gasteiger partial charge in [0, 0.05) is 10.9 Å². The highest BCUT2D eigenvalue weighted by Crippen LogP contribution is 2.35. The number of hydrogen-bond acceptors (Lipinski definition) is 5. The summed E-state index contributed by atoms with van der Waals surface area (Å²) in [7, 11) is 1.54. The van der Waals surface area contributed by atoms with Crippen LogP contribution in [0, 0.1) is 0 Å². The van der Waals surface area contributed by atoms with Gasteiger partial charge in [0.25, 0.3) is 5.56 Å². The van der Waals surface area contributed by atoms with E-state index < -0.39 is 0 Å². The van der Waals surface area contributed by atoms with Gasteiger partial charge in [0.2, 0.25) is 0 Å². The van der Waals surface area contributed by atoms with Gasteiger partial charge in [0.1, 0.15) is 5.82 Å².